The van der Waals surface area contributed by atoms with Crippen molar-refractivity contribution >= 4 is 39.5 Å². The standard InChI is InChI=1S/C11H18BrN5S/c1-18-8-4-2-7(3-5-8)15-10-9(12)6-14-11(16-10)17-13/h6-8H,2-5,13H2,1H3,(H2,14,15,16,17). The highest BCUT2D eigenvalue weighted by atomic mass is 79.9. The van der Waals surface area contributed by atoms with Gasteiger partial charge in [0.25, 0.3) is 0 Å². The minimum Gasteiger partial charge on any atom is -0.366 e. The summed E-state index contributed by atoms with van der Waals surface area (Å²) in [5.41, 5.74) is 2.46. The third-order valence-electron chi connectivity index (χ3n) is 3.22. The van der Waals surface area contributed by atoms with E-state index in [9.17, 15) is 0 Å². The predicted octanol–water partition coefficient (Wildman–Crippen LogP) is 2.61. The molecule has 100 valence electrons. The van der Waals surface area contributed by atoms with E-state index in [4.69, 9.17) is 5.84 Å². The molecule has 0 unspecified atom stereocenters. The SMILES string of the molecule is CSC1CCC(Nc2nc(NN)ncc2Br)CC1. The summed E-state index contributed by atoms with van der Waals surface area (Å²) in [6.07, 6.45) is 8.81. The Morgan fingerprint density at radius 1 is 1.39 bits per heavy atom. The van der Waals surface area contributed by atoms with Crippen molar-refractivity contribution in [3.63, 3.8) is 0 Å². The zero-order valence-corrected chi connectivity index (χ0v) is 12.7. The van der Waals surface area contributed by atoms with Crippen molar-refractivity contribution in [1.29, 1.82) is 0 Å². The summed E-state index contributed by atoms with van der Waals surface area (Å²) in [4.78, 5) is 8.35. The zero-order chi connectivity index (χ0) is 13.0. The van der Waals surface area contributed by atoms with Gasteiger partial charge in [0.15, 0.2) is 0 Å². The van der Waals surface area contributed by atoms with E-state index >= 15 is 0 Å². The fourth-order valence-electron chi connectivity index (χ4n) is 2.17. The second kappa shape index (κ2) is 6.58. The zero-order valence-electron chi connectivity index (χ0n) is 10.3. The number of thioether (sulfide) groups is 1. The molecular weight excluding hydrogens is 314 g/mol. The van der Waals surface area contributed by atoms with Crippen LogP contribution in [-0.2, 0) is 0 Å². The van der Waals surface area contributed by atoms with Gasteiger partial charge in [0, 0.05) is 17.5 Å². The molecule has 0 amide bonds. The number of hydrogen-bond acceptors (Lipinski definition) is 6. The van der Waals surface area contributed by atoms with Crippen LogP contribution in [0.2, 0.25) is 0 Å². The average Bonchev–Trinajstić information content (AvgIpc) is 2.42. The molecule has 2 rings (SSSR count). The first-order valence-corrected chi connectivity index (χ1v) is 8.09. The second-order valence-corrected chi connectivity index (χ2v) is 6.38. The maximum absolute atomic E-state index is 5.32. The van der Waals surface area contributed by atoms with E-state index in [1.165, 1.54) is 25.7 Å². The summed E-state index contributed by atoms with van der Waals surface area (Å²) in [6, 6.07) is 0.491. The topological polar surface area (TPSA) is 75.9 Å². The number of hydrazine groups is 1. The molecule has 0 radical (unpaired) electrons. The van der Waals surface area contributed by atoms with Gasteiger partial charge in [0.2, 0.25) is 5.95 Å². The maximum Gasteiger partial charge on any atom is 0.239 e. The predicted molar refractivity (Wildman–Crippen MR) is 80.7 cm³/mol. The molecule has 0 saturated heterocycles. The first-order chi connectivity index (χ1) is 8.72. The smallest absolute Gasteiger partial charge is 0.239 e. The normalized spacial score (nSPS) is 23.7. The van der Waals surface area contributed by atoms with Gasteiger partial charge < -0.3 is 5.32 Å². The van der Waals surface area contributed by atoms with Gasteiger partial charge in [0.1, 0.15) is 5.82 Å². The molecule has 5 nitrogen and oxygen atoms in total. The van der Waals surface area contributed by atoms with Gasteiger partial charge in [-0.15, -0.1) is 0 Å². The van der Waals surface area contributed by atoms with Crippen molar-refractivity contribution in [2.75, 3.05) is 17.0 Å². The molecule has 0 aromatic carbocycles. The Kier molecular flexibility index (Phi) is 5.08. The maximum atomic E-state index is 5.32. The number of halogens is 1. The van der Waals surface area contributed by atoms with Crippen LogP contribution in [0.4, 0.5) is 11.8 Å². The number of anilines is 2. The van der Waals surface area contributed by atoms with E-state index in [1.54, 1.807) is 6.20 Å². The van der Waals surface area contributed by atoms with Crippen LogP contribution in [0.25, 0.3) is 0 Å². The van der Waals surface area contributed by atoms with Crippen molar-refractivity contribution in [3.8, 4) is 0 Å². The number of nitrogens with zero attached hydrogens (tertiary/aromatic N) is 2. The Bertz CT molecular complexity index is 395. The number of rotatable bonds is 4. The van der Waals surface area contributed by atoms with Crippen molar-refractivity contribution in [3.05, 3.63) is 10.7 Å². The third-order valence-corrected chi connectivity index (χ3v) is 4.94. The fourth-order valence-corrected chi connectivity index (χ4v) is 3.22. The van der Waals surface area contributed by atoms with Gasteiger partial charge in [-0.3, -0.25) is 5.43 Å². The van der Waals surface area contributed by atoms with E-state index in [2.05, 4.69) is 42.9 Å². The van der Waals surface area contributed by atoms with Gasteiger partial charge in [-0.1, -0.05) is 0 Å². The molecular formula is C11H18BrN5S. The first kappa shape index (κ1) is 13.9. The number of nitrogen functional groups attached to an aromatic ring is 1. The monoisotopic (exact) mass is 331 g/mol. The summed E-state index contributed by atoms with van der Waals surface area (Å²) in [7, 11) is 0. The Balaban J connectivity index is 1.97. The van der Waals surface area contributed by atoms with E-state index in [0.29, 0.717) is 12.0 Å². The molecule has 1 aromatic heterocycles. The fraction of sp³-hybridized carbons (Fsp3) is 0.636. The summed E-state index contributed by atoms with van der Waals surface area (Å²) in [5.74, 6) is 6.56. The molecule has 1 aliphatic carbocycles. The van der Waals surface area contributed by atoms with Crippen molar-refractivity contribution in [2.24, 2.45) is 5.84 Å². The van der Waals surface area contributed by atoms with Crippen LogP contribution in [0.3, 0.4) is 0 Å². The Hall–Kier alpha value is -0.530. The van der Waals surface area contributed by atoms with Crippen LogP contribution in [0.5, 0.6) is 0 Å². The molecule has 0 atom stereocenters. The molecule has 1 aliphatic rings. The lowest BCUT2D eigenvalue weighted by molar-refractivity contribution is 0.472. The van der Waals surface area contributed by atoms with Crippen LogP contribution in [0.1, 0.15) is 25.7 Å². The van der Waals surface area contributed by atoms with E-state index in [1.807, 2.05) is 11.8 Å². The van der Waals surface area contributed by atoms with Gasteiger partial charge in [-0.25, -0.2) is 10.8 Å². The lowest BCUT2D eigenvalue weighted by Gasteiger charge is -2.28. The third kappa shape index (κ3) is 3.49. The van der Waals surface area contributed by atoms with Gasteiger partial charge in [-0.05, 0) is 47.9 Å². The van der Waals surface area contributed by atoms with Gasteiger partial charge in [-0.2, -0.15) is 16.7 Å². The molecule has 0 spiro atoms. The van der Waals surface area contributed by atoms with Crippen LogP contribution < -0.4 is 16.6 Å². The first-order valence-electron chi connectivity index (χ1n) is 6.01. The number of hydrogen-bond donors (Lipinski definition) is 3. The van der Waals surface area contributed by atoms with Crippen LogP contribution in [0.15, 0.2) is 10.7 Å². The van der Waals surface area contributed by atoms with Gasteiger partial charge >= 0.3 is 0 Å². The molecule has 7 heteroatoms. The number of nitrogens with two attached hydrogens (primary N) is 1. The highest BCUT2D eigenvalue weighted by Gasteiger charge is 2.21. The molecule has 1 saturated carbocycles. The quantitative estimate of drug-likeness (QED) is 0.581. The largest absolute Gasteiger partial charge is 0.366 e. The van der Waals surface area contributed by atoms with Crippen LogP contribution in [-0.4, -0.2) is 27.5 Å². The molecule has 0 bridgehead atoms. The van der Waals surface area contributed by atoms with Crippen molar-refractivity contribution in [2.45, 2.75) is 37.0 Å². The van der Waals surface area contributed by atoms with E-state index in [0.717, 1.165) is 15.5 Å². The van der Waals surface area contributed by atoms with Crippen LogP contribution in [0, 0.1) is 0 Å². The summed E-state index contributed by atoms with van der Waals surface area (Å²) in [5, 5.41) is 4.28. The molecule has 4 N–H and O–H groups in total. The molecule has 18 heavy (non-hydrogen) atoms. The van der Waals surface area contributed by atoms with E-state index < -0.39 is 0 Å². The summed E-state index contributed by atoms with van der Waals surface area (Å²) in [6.45, 7) is 0. The lowest BCUT2D eigenvalue weighted by atomic mass is 9.95. The minimum atomic E-state index is 0.429. The number of aromatic nitrogens is 2. The minimum absolute atomic E-state index is 0.429. The lowest BCUT2D eigenvalue weighted by Crippen LogP contribution is -2.27. The average molecular weight is 332 g/mol. The summed E-state index contributed by atoms with van der Waals surface area (Å²) >= 11 is 5.43. The molecule has 1 aromatic rings. The summed E-state index contributed by atoms with van der Waals surface area (Å²) < 4.78 is 0.869. The Morgan fingerprint density at radius 3 is 2.72 bits per heavy atom. The number of nitrogens with one attached hydrogen (secondary N) is 2. The highest BCUT2D eigenvalue weighted by Crippen LogP contribution is 2.30. The Morgan fingerprint density at radius 2 is 2.11 bits per heavy atom. The molecule has 0 aliphatic heterocycles. The highest BCUT2D eigenvalue weighted by molar-refractivity contribution is 9.10. The van der Waals surface area contributed by atoms with Crippen molar-refractivity contribution < 1.29 is 0 Å². The van der Waals surface area contributed by atoms with Crippen molar-refractivity contribution in [1.82, 2.24) is 9.97 Å². The molecule has 1 fully saturated rings. The second-order valence-electron chi connectivity index (χ2n) is 4.39. The van der Waals surface area contributed by atoms with Gasteiger partial charge in [0.05, 0.1) is 4.47 Å². The Labute approximate surface area is 120 Å². The van der Waals surface area contributed by atoms with E-state index in [-0.39, 0.29) is 0 Å². The molecule has 1 heterocycles. The van der Waals surface area contributed by atoms with Crippen LogP contribution >= 0.6 is 27.7 Å².